The maximum absolute atomic E-state index is 10.2. The Morgan fingerprint density at radius 3 is 2.75 bits per heavy atom. The minimum Gasteiger partial charge on any atom is -0.365 e. The lowest BCUT2D eigenvalue weighted by Crippen LogP contribution is -2.59. The Balaban J connectivity index is 1.98. The normalized spacial score (nSPS) is 56.8. The minimum absolute atomic E-state index is 0.348. The highest BCUT2D eigenvalue weighted by molar-refractivity contribution is 5.00. The molecule has 4 aliphatic rings. The molecule has 1 spiro atoms. The first-order chi connectivity index (χ1) is 7.56. The van der Waals surface area contributed by atoms with Gasteiger partial charge in [-0.15, -0.1) is 0 Å². The van der Waals surface area contributed by atoms with E-state index in [4.69, 9.17) is 14.5 Å². The number of rotatable bonds is 0. The fraction of sp³-hybridized carbons (Fsp3) is 1.00. The van der Waals surface area contributed by atoms with E-state index in [0.717, 1.165) is 25.7 Å². The lowest BCUT2D eigenvalue weighted by atomic mass is 9.67. The molecule has 4 rings (SSSR count). The van der Waals surface area contributed by atoms with Gasteiger partial charge in [0.05, 0.1) is 0 Å². The molecule has 5 atom stereocenters. The zero-order chi connectivity index (χ0) is 11.4. The van der Waals surface area contributed by atoms with E-state index in [9.17, 15) is 5.11 Å². The number of fused-ring (bicyclic) bond motifs is 3. The third-order valence-electron chi connectivity index (χ3n) is 4.60. The van der Waals surface area contributed by atoms with Crippen LogP contribution in [0.3, 0.4) is 0 Å². The largest absolute Gasteiger partial charge is 0.365 e. The Labute approximate surface area is 95.8 Å². The Morgan fingerprint density at radius 1 is 1.19 bits per heavy atom. The van der Waals surface area contributed by atoms with E-state index in [1.807, 2.05) is 6.92 Å². The molecule has 0 radical (unpaired) electrons. The number of aliphatic hydroxyl groups excluding tert-OH is 1. The Hall–Kier alpha value is -0.160. The van der Waals surface area contributed by atoms with Crippen LogP contribution in [0.1, 0.15) is 46.0 Å². The molecule has 16 heavy (non-hydrogen) atoms. The summed E-state index contributed by atoms with van der Waals surface area (Å²) in [6, 6.07) is 0. The van der Waals surface area contributed by atoms with E-state index in [1.165, 1.54) is 6.42 Å². The zero-order valence-corrected chi connectivity index (χ0v) is 9.94. The van der Waals surface area contributed by atoms with Crippen molar-refractivity contribution in [2.75, 3.05) is 0 Å². The van der Waals surface area contributed by atoms with Crippen molar-refractivity contribution in [1.29, 1.82) is 0 Å². The van der Waals surface area contributed by atoms with Crippen molar-refractivity contribution < 1.29 is 19.6 Å². The lowest BCUT2D eigenvalue weighted by Gasteiger charge is -2.49. The molecule has 1 aliphatic carbocycles. The lowest BCUT2D eigenvalue weighted by molar-refractivity contribution is -0.547. The molecule has 3 heterocycles. The van der Waals surface area contributed by atoms with Crippen molar-refractivity contribution in [3.05, 3.63) is 0 Å². The SMILES string of the molecule is C[C@H]1CCCC23OOC(C)(CCC12)OC3O. The molecule has 0 aromatic carbocycles. The smallest absolute Gasteiger partial charge is 0.201 e. The predicted octanol–water partition coefficient (Wildman–Crippen LogP) is 1.97. The molecule has 0 aromatic rings. The Bertz CT molecular complexity index is 295. The molecule has 4 nitrogen and oxygen atoms in total. The standard InChI is InChI=1S/C12H20O4/c1-8-4-3-6-12-9(8)5-7-11(2,15-16-12)14-10(12)13/h8-10,13H,3-7H2,1-2H3/t8-,9?,10?,11?,12?/m0/s1. The summed E-state index contributed by atoms with van der Waals surface area (Å²) in [5.74, 6) is 0.151. The Kier molecular flexibility index (Phi) is 2.34. The molecule has 1 saturated carbocycles. The van der Waals surface area contributed by atoms with Crippen molar-refractivity contribution in [3.8, 4) is 0 Å². The van der Waals surface area contributed by atoms with Crippen LogP contribution in [0.5, 0.6) is 0 Å². The summed E-state index contributed by atoms with van der Waals surface area (Å²) in [4.78, 5) is 11.0. The number of ether oxygens (including phenoxy) is 1. The van der Waals surface area contributed by atoms with Crippen LogP contribution in [-0.2, 0) is 14.5 Å². The first-order valence-electron chi connectivity index (χ1n) is 6.28. The zero-order valence-electron chi connectivity index (χ0n) is 9.94. The number of hydrogen-bond acceptors (Lipinski definition) is 4. The predicted molar refractivity (Wildman–Crippen MR) is 56.1 cm³/mol. The maximum Gasteiger partial charge on any atom is 0.201 e. The topological polar surface area (TPSA) is 47.9 Å². The van der Waals surface area contributed by atoms with Gasteiger partial charge >= 0.3 is 0 Å². The van der Waals surface area contributed by atoms with Crippen molar-refractivity contribution in [1.82, 2.24) is 0 Å². The molecular weight excluding hydrogens is 208 g/mol. The van der Waals surface area contributed by atoms with Gasteiger partial charge in [-0.25, -0.2) is 9.78 Å². The van der Waals surface area contributed by atoms with Gasteiger partial charge in [0.25, 0.3) is 0 Å². The molecule has 0 amide bonds. The summed E-state index contributed by atoms with van der Waals surface area (Å²) in [6.45, 7) is 4.08. The Morgan fingerprint density at radius 2 is 2.00 bits per heavy atom. The van der Waals surface area contributed by atoms with Crippen LogP contribution >= 0.6 is 0 Å². The number of aliphatic hydroxyl groups is 1. The van der Waals surface area contributed by atoms with Gasteiger partial charge in [0.2, 0.25) is 5.79 Å². The summed E-state index contributed by atoms with van der Waals surface area (Å²) in [7, 11) is 0. The van der Waals surface area contributed by atoms with Crippen LogP contribution in [-0.4, -0.2) is 22.8 Å². The van der Waals surface area contributed by atoms with E-state index < -0.39 is 17.7 Å². The van der Waals surface area contributed by atoms with Crippen LogP contribution in [0.4, 0.5) is 0 Å². The van der Waals surface area contributed by atoms with Gasteiger partial charge in [-0.3, -0.25) is 0 Å². The first-order valence-corrected chi connectivity index (χ1v) is 6.28. The van der Waals surface area contributed by atoms with E-state index in [0.29, 0.717) is 11.8 Å². The van der Waals surface area contributed by atoms with Gasteiger partial charge in [0.15, 0.2) is 11.9 Å². The van der Waals surface area contributed by atoms with Crippen molar-refractivity contribution in [3.63, 3.8) is 0 Å². The molecule has 4 fully saturated rings. The highest BCUT2D eigenvalue weighted by Gasteiger charge is 2.60. The monoisotopic (exact) mass is 228 g/mol. The van der Waals surface area contributed by atoms with Crippen molar-refractivity contribution in [2.45, 2.75) is 63.6 Å². The fourth-order valence-corrected chi connectivity index (χ4v) is 3.59. The number of hydrogen-bond donors (Lipinski definition) is 1. The second-order valence-electron chi connectivity index (χ2n) is 5.74. The summed E-state index contributed by atoms with van der Waals surface area (Å²) >= 11 is 0. The van der Waals surface area contributed by atoms with Crippen molar-refractivity contribution >= 4 is 0 Å². The van der Waals surface area contributed by atoms with Gasteiger partial charge < -0.3 is 9.84 Å². The van der Waals surface area contributed by atoms with Crippen LogP contribution in [0.2, 0.25) is 0 Å². The van der Waals surface area contributed by atoms with E-state index in [1.54, 1.807) is 0 Å². The second-order valence-corrected chi connectivity index (χ2v) is 5.74. The molecule has 92 valence electrons. The average molecular weight is 228 g/mol. The van der Waals surface area contributed by atoms with Gasteiger partial charge in [0.1, 0.15) is 0 Å². The first kappa shape index (κ1) is 11.0. The van der Waals surface area contributed by atoms with E-state index >= 15 is 0 Å². The van der Waals surface area contributed by atoms with Gasteiger partial charge in [-0.05, 0) is 38.0 Å². The van der Waals surface area contributed by atoms with Gasteiger partial charge in [-0.2, -0.15) is 0 Å². The molecule has 3 saturated heterocycles. The highest BCUT2D eigenvalue weighted by atomic mass is 17.3. The fourth-order valence-electron chi connectivity index (χ4n) is 3.59. The molecule has 0 aromatic heterocycles. The third kappa shape index (κ3) is 1.37. The molecule has 1 N–H and O–H groups in total. The van der Waals surface area contributed by atoms with Gasteiger partial charge in [0, 0.05) is 6.42 Å². The van der Waals surface area contributed by atoms with E-state index in [-0.39, 0.29) is 0 Å². The highest BCUT2D eigenvalue weighted by Crippen LogP contribution is 2.52. The summed E-state index contributed by atoms with van der Waals surface area (Å²) in [5.41, 5.74) is -0.617. The van der Waals surface area contributed by atoms with Crippen LogP contribution in [0, 0.1) is 11.8 Å². The quantitative estimate of drug-likeness (QED) is 0.644. The minimum atomic E-state index is -0.846. The maximum atomic E-state index is 10.2. The van der Waals surface area contributed by atoms with Crippen LogP contribution < -0.4 is 0 Å². The van der Waals surface area contributed by atoms with Crippen molar-refractivity contribution in [2.24, 2.45) is 11.8 Å². The van der Waals surface area contributed by atoms with Crippen LogP contribution in [0.15, 0.2) is 0 Å². The van der Waals surface area contributed by atoms with Gasteiger partial charge in [-0.1, -0.05) is 13.3 Å². The molecule has 3 aliphatic heterocycles. The van der Waals surface area contributed by atoms with E-state index in [2.05, 4.69) is 6.92 Å². The van der Waals surface area contributed by atoms with Crippen LogP contribution in [0.25, 0.3) is 0 Å². The molecule has 4 heteroatoms. The third-order valence-corrected chi connectivity index (χ3v) is 4.60. The average Bonchev–Trinajstić information content (AvgIpc) is 2.44. The molecule has 2 bridgehead atoms. The molecular formula is C12H20O4. The summed E-state index contributed by atoms with van der Waals surface area (Å²) < 4.78 is 5.61. The molecule has 4 unspecified atom stereocenters. The second kappa shape index (κ2) is 3.42. The summed E-state index contributed by atoms with van der Waals surface area (Å²) in [6.07, 6.45) is 4.06. The summed E-state index contributed by atoms with van der Waals surface area (Å²) in [5, 5.41) is 10.2.